The zero-order valence-electron chi connectivity index (χ0n) is 8.03. The molecule has 0 atom stereocenters. The quantitative estimate of drug-likeness (QED) is 0.739. The van der Waals surface area contributed by atoms with Crippen molar-refractivity contribution in [3.63, 3.8) is 0 Å². The number of anilines is 1. The summed E-state index contributed by atoms with van der Waals surface area (Å²) in [4.78, 5) is 11.9. The van der Waals surface area contributed by atoms with E-state index in [1.165, 1.54) is 0 Å². The molecule has 1 heterocycles. The van der Waals surface area contributed by atoms with Crippen LogP contribution in [0.4, 0.5) is 5.82 Å². The van der Waals surface area contributed by atoms with Gasteiger partial charge in [0, 0.05) is 11.9 Å². The van der Waals surface area contributed by atoms with Crippen LogP contribution >= 0.6 is 0 Å². The van der Waals surface area contributed by atoms with Gasteiger partial charge in [-0.05, 0) is 24.4 Å². The first-order valence-corrected chi connectivity index (χ1v) is 4.62. The minimum Gasteiger partial charge on any atom is -0.385 e. The van der Waals surface area contributed by atoms with E-state index in [1.807, 2.05) is 37.3 Å². The molecule has 0 aliphatic carbocycles. The number of rotatable bonds is 1. The highest BCUT2D eigenvalue weighted by atomic mass is 16.1. The van der Waals surface area contributed by atoms with Gasteiger partial charge in [0.1, 0.15) is 5.82 Å². The van der Waals surface area contributed by atoms with Crippen LogP contribution in [0.5, 0.6) is 0 Å². The molecule has 0 radical (unpaired) electrons. The summed E-state index contributed by atoms with van der Waals surface area (Å²) < 4.78 is 1.57. The highest BCUT2D eigenvalue weighted by Crippen LogP contribution is 2.12. The number of hydrogen-bond acceptors (Lipinski definition) is 2. The van der Waals surface area contributed by atoms with E-state index in [2.05, 4.69) is 0 Å². The number of pyridine rings is 1. The first-order chi connectivity index (χ1) is 6.74. The third-order valence-corrected chi connectivity index (χ3v) is 2.37. The number of nitrogens with two attached hydrogens (primary N) is 1. The van der Waals surface area contributed by atoms with Crippen molar-refractivity contribution < 1.29 is 0 Å². The Bertz CT molecular complexity index is 528. The van der Waals surface area contributed by atoms with Crippen molar-refractivity contribution in [2.24, 2.45) is 0 Å². The van der Waals surface area contributed by atoms with E-state index < -0.39 is 0 Å². The number of nitrogen functional groups attached to an aromatic ring is 1. The Morgan fingerprint density at radius 2 is 2.07 bits per heavy atom. The van der Waals surface area contributed by atoms with Gasteiger partial charge in [0.05, 0.1) is 0 Å². The largest absolute Gasteiger partial charge is 0.385 e. The molecule has 0 bridgehead atoms. The zero-order valence-corrected chi connectivity index (χ0v) is 8.03. The van der Waals surface area contributed by atoms with Gasteiger partial charge >= 0.3 is 0 Å². The van der Waals surface area contributed by atoms with Gasteiger partial charge in [-0.15, -0.1) is 0 Å². The van der Waals surface area contributed by atoms with Crippen LogP contribution in [0.2, 0.25) is 0 Å². The standard InChI is InChI=1S/C11H12N2O/c1-2-13-10(12)7-8-5-3-4-6-9(8)11(13)14/h3-7H,2,12H2,1H3. The molecule has 1 aromatic heterocycles. The Labute approximate surface area is 81.8 Å². The summed E-state index contributed by atoms with van der Waals surface area (Å²) in [6.07, 6.45) is 0. The van der Waals surface area contributed by atoms with Gasteiger partial charge < -0.3 is 5.73 Å². The molecule has 0 aliphatic heterocycles. The summed E-state index contributed by atoms with van der Waals surface area (Å²) in [6.45, 7) is 2.52. The Hall–Kier alpha value is -1.77. The molecule has 0 aliphatic rings. The van der Waals surface area contributed by atoms with Gasteiger partial charge in [-0.25, -0.2) is 0 Å². The van der Waals surface area contributed by atoms with Crippen molar-refractivity contribution in [1.82, 2.24) is 4.57 Å². The van der Waals surface area contributed by atoms with Crippen molar-refractivity contribution in [3.05, 3.63) is 40.7 Å². The Kier molecular flexibility index (Phi) is 2.00. The molecule has 1 aromatic carbocycles. The predicted octanol–water partition coefficient (Wildman–Crippen LogP) is 1.60. The Balaban J connectivity index is 2.93. The zero-order chi connectivity index (χ0) is 10.1. The van der Waals surface area contributed by atoms with E-state index in [4.69, 9.17) is 5.73 Å². The van der Waals surface area contributed by atoms with E-state index in [1.54, 1.807) is 4.57 Å². The van der Waals surface area contributed by atoms with Gasteiger partial charge in [-0.3, -0.25) is 9.36 Å². The maximum Gasteiger partial charge on any atom is 0.259 e. The van der Waals surface area contributed by atoms with E-state index in [-0.39, 0.29) is 5.56 Å². The van der Waals surface area contributed by atoms with Crippen molar-refractivity contribution in [2.45, 2.75) is 13.5 Å². The lowest BCUT2D eigenvalue weighted by atomic mass is 10.1. The second-order valence-corrected chi connectivity index (χ2v) is 3.21. The normalized spacial score (nSPS) is 10.6. The average Bonchev–Trinajstić information content (AvgIpc) is 2.18. The van der Waals surface area contributed by atoms with Gasteiger partial charge in [0.2, 0.25) is 0 Å². The summed E-state index contributed by atoms with van der Waals surface area (Å²) in [5.74, 6) is 0.524. The summed E-state index contributed by atoms with van der Waals surface area (Å²) in [7, 11) is 0. The van der Waals surface area contributed by atoms with Crippen molar-refractivity contribution in [3.8, 4) is 0 Å². The molecule has 2 aromatic rings. The summed E-state index contributed by atoms with van der Waals surface area (Å²) in [6, 6.07) is 9.31. The molecular weight excluding hydrogens is 176 g/mol. The molecule has 0 spiro atoms. The fourth-order valence-electron chi connectivity index (χ4n) is 1.64. The van der Waals surface area contributed by atoms with Crippen molar-refractivity contribution in [2.75, 3.05) is 5.73 Å². The maximum absolute atomic E-state index is 11.9. The van der Waals surface area contributed by atoms with Crippen LogP contribution in [-0.4, -0.2) is 4.57 Å². The topological polar surface area (TPSA) is 48.0 Å². The predicted molar refractivity (Wildman–Crippen MR) is 58.3 cm³/mol. The molecule has 72 valence electrons. The molecule has 0 unspecified atom stereocenters. The first-order valence-electron chi connectivity index (χ1n) is 4.62. The van der Waals surface area contributed by atoms with Crippen LogP contribution in [0, 0.1) is 0 Å². The lowest BCUT2D eigenvalue weighted by Crippen LogP contribution is -2.21. The molecule has 14 heavy (non-hydrogen) atoms. The van der Waals surface area contributed by atoms with E-state index in [9.17, 15) is 4.79 Å². The van der Waals surface area contributed by atoms with Crippen LogP contribution in [0.1, 0.15) is 6.92 Å². The molecular formula is C11H12N2O. The van der Waals surface area contributed by atoms with Crippen LogP contribution in [0.15, 0.2) is 35.1 Å². The highest BCUT2D eigenvalue weighted by Gasteiger charge is 2.03. The van der Waals surface area contributed by atoms with E-state index in [0.29, 0.717) is 12.4 Å². The van der Waals surface area contributed by atoms with Crippen molar-refractivity contribution >= 4 is 16.6 Å². The molecule has 3 nitrogen and oxygen atoms in total. The number of nitrogens with zero attached hydrogens (tertiary/aromatic N) is 1. The molecule has 0 fully saturated rings. The van der Waals surface area contributed by atoms with Gasteiger partial charge in [-0.1, -0.05) is 18.2 Å². The number of hydrogen-bond donors (Lipinski definition) is 1. The number of fused-ring (bicyclic) bond motifs is 1. The minimum atomic E-state index is -0.0110. The average molecular weight is 188 g/mol. The molecule has 0 saturated heterocycles. The number of aromatic nitrogens is 1. The molecule has 3 heteroatoms. The van der Waals surface area contributed by atoms with Crippen molar-refractivity contribution in [1.29, 1.82) is 0 Å². The lowest BCUT2D eigenvalue weighted by molar-refractivity contribution is 0.746. The molecule has 0 amide bonds. The Morgan fingerprint density at radius 1 is 1.36 bits per heavy atom. The summed E-state index contributed by atoms with van der Waals surface area (Å²) >= 11 is 0. The SMILES string of the molecule is CCn1c(N)cc2ccccc2c1=O. The second kappa shape index (κ2) is 3.18. The number of benzene rings is 1. The minimum absolute atomic E-state index is 0.0110. The van der Waals surface area contributed by atoms with Crippen LogP contribution in [-0.2, 0) is 6.54 Å². The Morgan fingerprint density at radius 3 is 2.79 bits per heavy atom. The van der Waals surface area contributed by atoms with E-state index in [0.717, 1.165) is 10.8 Å². The van der Waals surface area contributed by atoms with Gasteiger partial charge in [0.15, 0.2) is 0 Å². The van der Waals surface area contributed by atoms with Crippen LogP contribution in [0.25, 0.3) is 10.8 Å². The third kappa shape index (κ3) is 1.18. The summed E-state index contributed by atoms with van der Waals surface area (Å²) in [5, 5.41) is 1.63. The highest BCUT2D eigenvalue weighted by molar-refractivity contribution is 5.83. The van der Waals surface area contributed by atoms with E-state index >= 15 is 0 Å². The third-order valence-electron chi connectivity index (χ3n) is 2.37. The lowest BCUT2D eigenvalue weighted by Gasteiger charge is -2.07. The van der Waals surface area contributed by atoms with Crippen LogP contribution in [0.3, 0.4) is 0 Å². The molecule has 0 saturated carbocycles. The molecule has 2 rings (SSSR count). The fraction of sp³-hybridized carbons (Fsp3) is 0.182. The fourth-order valence-corrected chi connectivity index (χ4v) is 1.64. The molecule has 2 N–H and O–H groups in total. The summed E-state index contributed by atoms with van der Waals surface area (Å²) in [5.41, 5.74) is 5.75. The van der Waals surface area contributed by atoms with Gasteiger partial charge in [-0.2, -0.15) is 0 Å². The maximum atomic E-state index is 11.9. The monoisotopic (exact) mass is 188 g/mol. The van der Waals surface area contributed by atoms with Gasteiger partial charge in [0.25, 0.3) is 5.56 Å². The van der Waals surface area contributed by atoms with Crippen LogP contribution < -0.4 is 11.3 Å². The first kappa shape index (κ1) is 8.81. The second-order valence-electron chi connectivity index (χ2n) is 3.21. The smallest absolute Gasteiger partial charge is 0.259 e.